The van der Waals surface area contributed by atoms with Gasteiger partial charge in [-0.1, -0.05) is 0 Å². The van der Waals surface area contributed by atoms with Crippen LogP contribution in [0.5, 0.6) is 0 Å². The smallest absolute Gasteiger partial charge is 0.269 e. The molecular weight excluding hydrogens is 216 g/mol. The average Bonchev–Trinajstić information content (AvgIpc) is 2.02. The number of aromatic nitrogens is 1. The van der Waals surface area contributed by atoms with E-state index in [2.05, 4.69) is 4.98 Å². The molecule has 1 rings (SSSR count). The van der Waals surface area contributed by atoms with Crippen LogP contribution in [0.2, 0.25) is 0 Å². The molecule has 0 saturated heterocycles. The van der Waals surface area contributed by atoms with Crippen LogP contribution in [-0.4, -0.2) is 10.2 Å². The Labute approximate surface area is 82.7 Å². The summed E-state index contributed by atoms with van der Waals surface area (Å²) in [6, 6.07) is 0. The van der Waals surface area contributed by atoms with Gasteiger partial charge in [0, 0.05) is 11.9 Å². The van der Waals surface area contributed by atoms with Crippen LogP contribution in [-0.2, 0) is 0 Å². The van der Waals surface area contributed by atoms with Crippen molar-refractivity contribution < 1.29 is 13.6 Å². The molecule has 1 heterocycles. The lowest BCUT2D eigenvalue weighted by atomic mass is 10.1. The van der Waals surface area contributed by atoms with Gasteiger partial charge in [-0.2, -0.15) is 0 Å². The molecule has 76 valence electrons. The molecule has 6 heteroatoms. The Morgan fingerprint density at radius 3 is 2.57 bits per heavy atom. The zero-order valence-corrected chi connectivity index (χ0v) is 7.86. The topological polar surface area (TPSA) is 49.9 Å². The molecule has 0 spiro atoms. The van der Waals surface area contributed by atoms with E-state index in [1.807, 2.05) is 0 Å². The number of carbonyl (C=O) groups is 1. The van der Waals surface area contributed by atoms with Gasteiger partial charge in [0.15, 0.2) is 0 Å². The highest BCUT2D eigenvalue weighted by Crippen LogP contribution is 2.17. The van der Waals surface area contributed by atoms with E-state index >= 15 is 0 Å². The van der Waals surface area contributed by atoms with Crippen LogP contribution >= 0.6 is 11.6 Å². The summed E-state index contributed by atoms with van der Waals surface area (Å²) in [5.41, 5.74) is -2.16. The quantitative estimate of drug-likeness (QED) is 0.777. The van der Waals surface area contributed by atoms with Gasteiger partial charge in [-0.3, -0.25) is 9.59 Å². The van der Waals surface area contributed by atoms with Gasteiger partial charge in [-0.15, -0.1) is 0 Å². The first-order valence-electron chi connectivity index (χ1n) is 3.65. The van der Waals surface area contributed by atoms with Crippen molar-refractivity contribution >= 4 is 16.8 Å². The third kappa shape index (κ3) is 1.82. The predicted molar refractivity (Wildman–Crippen MR) is 46.9 cm³/mol. The molecule has 0 aliphatic carbocycles. The Morgan fingerprint density at radius 2 is 2.14 bits per heavy atom. The van der Waals surface area contributed by atoms with Crippen molar-refractivity contribution in [2.24, 2.45) is 0 Å². The second-order valence-corrected chi connectivity index (χ2v) is 2.99. The number of H-pyrrole nitrogens is 1. The first-order chi connectivity index (χ1) is 6.45. The second-order valence-electron chi connectivity index (χ2n) is 2.64. The number of nitrogens with one attached hydrogen (secondary N) is 1. The number of hydrogen-bond donors (Lipinski definition) is 1. The number of aryl methyl sites for hydroxylation is 1. The number of pyridine rings is 1. The lowest BCUT2D eigenvalue weighted by molar-refractivity contribution is 0.107. The van der Waals surface area contributed by atoms with E-state index in [9.17, 15) is 18.4 Å². The van der Waals surface area contributed by atoms with Gasteiger partial charge in [0.1, 0.15) is 0 Å². The number of alkyl halides is 2. The van der Waals surface area contributed by atoms with E-state index < -0.39 is 28.2 Å². The van der Waals surface area contributed by atoms with Crippen molar-refractivity contribution in [3.63, 3.8) is 0 Å². The van der Waals surface area contributed by atoms with Crippen molar-refractivity contribution in [3.8, 4) is 0 Å². The molecule has 0 fully saturated rings. The highest BCUT2D eigenvalue weighted by molar-refractivity contribution is 6.67. The van der Waals surface area contributed by atoms with Crippen LogP contribution in [0.15, 0.2) is 11.0 Å². The number of carbonyl (C=O) groups excluding carboxylic acids is 1. The monoisotopic (exact) mass is 221 g/mol. The molecular formula is C8H6ClF2NO2. The van der Waals surface area contributed by atoms with Gasteiger partial charge >= 0.3 is 0 Å². The highest BCUT2D eigenvalue weighted by Gasteiger charge is 2.20. The zero-order valence-electron chi connectivity index (χ0n) is 7.11. The molecule has 0 radical (unpaired) electrons. The fourth-order valence-corrected chi connectivity index (χ4v) is 1.19. The summed E-state index contributed by atoms with van der Waals surface area (Å²) in [6.45, 7) is 1.32. The summed E-state index contributed by atoms with van der Waals surface area (Å²) in [6.07, 6.45) is -1.89. The van der Waals surface area contributed by atoms with Crippen LogP contribution in [0.3, 0.4) is 0 Å². The maximum Gasteiger partial charge on any atom is 0.269 e. The first-order valence-corrected chi connectivity index (χ1v) is 4.03. The molecule has 1 aromatic heterocycles. The molecule has 0 aliphatic heterocycles. The lowest BCUT2D eigenvalue weighted by Crippen LogP contribution is -2.19. The molecule has 0 aromatic carbocycles. The normalized spacial score (nSPS) is 10.6. The van der Waals surface area contributed by atoms with E-state index in [0.29, 0.717) is 0 Å². The van der Waals surface area contributed by atoms with E-state index in [0.717, 1.165) is 6.20 Å². The van der Waals surface area contributed by atoms with Crippen LogP contribution in [0.1, 0.15) is 28.0 Å². The molecule has 14 heavy (non-hydrogen) atoms. The van der Waals surface area contributed by atoms with E-state index in [1.165, 1.54) is 6.92 Å². The number of rotatable bonds is 2. The Balaban J connectivity index is 3.50. The molecule has 0 amide bonds. The molecule has 0 unspecified atom stereocenters. The van der Waals surface area contributed by atoms with Crippen molar-refractivity contribution in [2.45, 2.75) is 13.3 Å². The largest absolute Gasteiger partial charge is 0.364 e. The minimum atomic E-state index is -2.92. The summed E-state index contributed by atoms with van der Waals surface area (Å²) < 4.78 is 24.7. The van der Waals surface area contributed by atoms with Gasteiger partial charge in [-0.25, -0.2) is 8.78 Å². The summed E-state index contributed by atoms with van der Waals surface area (Å²) in [5.74, 6) is 0. The molecule has 1 aromatic rings. The summed E-state index contributed by atoms with van der Waals surface area (Å²) >= 11 is 5.03. The first kappa shape index (κ1) is 10.8. The van der Waals surface area contributed by atoms with Crippen molar-refractivity contribution in [1.29, 1.82) is 0 Å². The fraction of sp³-hybridized carbons (Fsp3) is 0.250. The number of hydrogen-bond acceptors (Lipinski definition) is 2. The molecule has 1 N–H and O–H groups in total. The van der Waals surface area contributed by atoms with Crippen LogP contribution in [0.4, 0.5) is 8.78 Å². The highest BCUT2D eigenvalue weighted by atomic mass is 35.5. The van der Waals surface area contributed by atoms with E-state index in [1.54, 1.807) is 0 Å². The van der Waals surface area contributed by atoms with E-state index in [4.69, 9.17) is 11.6 Å². The van der Waals surface area contributed by atoms with Gasteiger partial charge < -0.3 is 4.98 Å². The van der Waals surface area contributed by atoms with Crippen LogP contribution in [0, 0.1) is 6.92 Å². The molecule has 0 atom stereocenters. The standard InChI is InChI=1S/C8H6ClF2NO2/c1-3-5(8(10)11)6(13)4(2-12-3)7(9)14/h2,8H,1H3,(H,12,13). The van der Waals surface area contributed by atoms with Gasteiger partial charge in [0.25, 0.3) is 11.7 Å². The van der Waals surface area contributed by atoms with Crippen LogP contribution < -0.4 is 5.43 Å². The molecule has 0 saturated carbocycles. The van der Waals surface area contributed by atoms with Crippen molar-refractivity contribution in [1.82, 2.24) is 4.98 Å². The minimum Gasteiger partial charge on any atom is -0.364 e. The SMILES string of the molecule is Cc1[nH]cc(C(=O)Cl)c(=O)c1C(F)F. The third-order valence-corrected chi connectivity index (χ3v) is 1.96. The Hall–Kier alpha value is -1.23. The Morgan fingerprint density at radius 1 is 1.57 bits per heavy atom. The Kier molecular flexibility index (Phi) is 3.00. The van der Waals surface area contributed by atoms with Crippen molar-refractivity contribution in [2.75, 3.05) is 0 Å². The lowest BCUT2D eigenvalue weighted by Gasteiger charge is -2.04. The summed E-state index contributed by atoms with van der Waals surface area (Å²) in [4.78, 5) is 24.3. The molecule has 0 bridgehead atoms. The Bertz CT molecular complexity index is 428. The second kappa shape index (κ2) is 3.88. The molecule has 0 aliphatic rings. The summed E-state index contributed by atoms with van der Waals surface area (Å²) in [5, 5.41) is -1.05. The summed E-state index contributed by atoms with van der Waals surface area (Å²) in [7, 11) is 0. The maximum absolute atomic E-state index is 12.4. The predicted octanol–water partition coefficient (Wildman–Crippen LogP) is 2.00. The van der Waals surface area contributed by atoms with Gasteiger partial charge in [0.2, 0.25) is 5.43 Å². The maximum atomic E-state index is 12.4. The minimum absolute atomic E-state index is 0.0340. The van der Waals surface area contributed by atoms with Gasteiger partial charge in [0.05, 0.1) is 11.1 Å². The van der Waals surface area contributed by atoms with Crippen molar-refractivity contribution in [3.05, 3.63) is 33.2 Å². The number of halogens is 3. The van der Waals surface area contributed by atoms with Gasteiger partial charge in [-0.05, 0) is 18.5 Å². The molecule has 3 nitrogen and oxygen atoms in total. The average molecular weight is 222 g/mol. The number of aromatic amines is 1. The zero-order chi connectivity index (χ0) is 10.9. The van der Waals surface area contributed by atoms with Crippen LogP contribution in [0.25, 0.3) is 0 Å². The fourth-order valence-electron chi connectivity index (χ4n) is 1.05. The van der Waals surface area contributed by atoms with E-state index in [-0.39, 0.29) is 5.69 Å². The third-order valence-electron chi connectivity index (χ3n) is 1.76.